The lowest BCUT2D eigenvalue weighted by Crippen LogP contribution is -2.46. The molecule has 1 aliphatic heterocycles. The van der Waals surface area contributed by atoms with E-state index >= 15 is 0 Å². The highest BCUT2D eigenvalue weighted by atomic mass is 15.3. The second-order valence-corrected chi connectivity index (χ2v) is 6.07. The first-order valence-corrected chi connectivity index (χ1v) is 7.61. The molecule has 7 nitrogen and oxygen atoms in total. The monoisotopic (exact) mass is 287 g/mol. The number of fused-ring (bicyclic) bond motifs is 1. The van der Waals surface area contributed by atoms with Crippen molar-refractivity contribution in [2.24, 2.45) is 7.05 Å². The van der Waals surface area contributed by atoms with E-state index in [2.05, 4.69) is 24.9 Å². The Morgan fingerprint density at radius 2 is 1.95 bits per heavy atom. The predicted octanol–water partition coefficient (Wildman–Crippen LogP) is 0.226. The van der Waals surface area contributed by atoms with Crippen LogP contribution < -0.4 is 5.73 Å². The van der Waals surface area contributed by atoms with Gasteiger partial charge in [-0.2, -0.15) is 5.10 Å². The van der Waals surface area contributed by atoms with Crippen molar-refractivity contribution < 1.29 is 0 Å². The van der Waals surface area contributed by atoms with Crippen LogP contribution in [0.25, 0.3) is 11.0 Å². The average molecular weight is 287 g/mol. The number of nitrogen functional groups attached to an aromatic ring is 1. The molecular weight excluding hydrogens is 266 g/mol. The van der Waals surface area contributed by atoms with E-state index in [4.69, 9.17) is 5.73 Å². The SMILES string of the molecule is Cn1ncc2c(N)nc(CN3CCN(C4CC4)CC3)nc21. The van der Waals surface area contributed by atoms with E-state index in [0.29, 0.717) is 5.82 Å². The third-order valence-electron chi connectivity index (χ3n) is 4.50. The zero-order chi connectivity index (χ0) is 14.4. The van der Waals surface area contributed by atoms with Gasteiger partial charge < -0.3 is 5.73 Å². The summed E-state index contributed by atoms with van der Waals surface area (Å²) in [6, 6.07) is 0.866. The summed E-state index contributed by atoms with van der Waals surface area (Å²) in [6.45, 7) is 5.26. The van der Waals surface area contributed by atoms with Crippen molar-refractivity contribution in [3.63, 3.8) is 0 Å². The van der Waals surface area contributed by atoms with E-state index < -0.39 is 0 Å². The first kappa shape index (κ1) is 13.0. The van der Waals surface area contributed by atoms with Gasteiger partial charge in [0, 0.05) is 39.3 Å². The molecule has 1 aliphatic carbocycles. The quantitative estimate of drug-likeness (QED) is 0.870. The molecule has 2 aliphatic rings. The number of anilines is 1. The van der Waals surface area contributed by atoms with Crippen LogP contribution in [0.4, 0.5) is 5.82 Å². The lowest BCUT2D eigenvalue weighted by Gasteiger charge is -2.34. The Kier molecular flexibility index (Phi) is 3.04. The number of hydrogen-bond donors (Lipinski definition) is 1. The topological polar surface area (TPSA) is 76.1 Å². The number of nitrogens with zero attached hydrogens (tertiary/aromatic N) is 6. The Morgan fingerprint density at radius 3 is 2.67 bits per heavy atom. The third-order valence-corrected chi connectivity index (χ3v) is 4.50. The van der Waals surface area contributed by atoms with Crippen LogP contribution >= 0.6 is 0 Å². The molecular formula is C14H21N7. The van der Waals surface area contributed by atoms with Crippen molar-refractivity contribution in [1.29, 1.82) is 0 Å². The van der Waals surface area contributed by atoms with E-state index in [0.717, 1.165) is 55.6 Å². The van der Waals surface area contributed by atoms with Crippen LogP contribution in [0, 0.1) is 0 Å². The number of rotatable bonds is 3. The van der Waals surface area contributed by atoms with Crippen molar-refractivity contribution in [2.75, 3.05) is 31.9 Å². The Bertz CT molecular complexity index is 653. The van der Waals surface area contributed by atoms with Gasteiger partial charge in [-0.3, -0.25) is 14.5 Å². The van der Waals surface area contributed by atoms with Crippen LogP contribution in [0.2, 0.25) is 0 Å². The molecule has 1 saturated carbocycles. The smallest absolute Gasteiger partial charge is 0.163 e. The van der Waals surface area contributed by atoms with Gasteiger partial charge in [0.05, 0.1) is 18.1 Å². The van der Waals surface area contributed by atoms with Crippen molar-refractivity contribution in [3.05, 3.63) is 12.0 Å². The maximum absolute atomic E-state index is 6.01. The number of nitrogens with two attached hydrogens (primary N) is 1. The minimum Gasteiger partial charge on any atom is -0.383 e. The van der Waals surface area contributed by atoms with Crippen LogP contribution in [-0.2, 0) is 13.6 Å². The molecule has 0 atom stereocenters. The fourth-order valence-corrected chi connectivity index (χ4v) is 3.09. The predicted molar refractivity (Wildman–Crippen MR) is 80.6 cm³/mol. The van der Waals surface area contributed by atoms with Crippen LogP contribution in [0.1, 0.15) is 18.7 Å². The first-order valence-electron chi connectivity index (χ1n) is 7.61. The highest BCUT2D eigenvalue weighted by molar-refractivity contribution is 5.84. The molecule has 3 heterocycles. The largest absolute Gasteiger partial charge is 0.383 e. The van der Waals surface area contributed by atoms with E-state index in [1.807, 2.05) is 7.05 Å². The van der Waals surface area contributed by atoms with Gasteiger partial charge in [-0.25, -0.2) is 9.97 Å². The molecule has 0 amide bonds. The van der Waals surface area contributed by atoms with Gasteiger partial charge in [0.1, 0.15) is 11.6 Å². The van der Waals surface area contributed by atoms with Crippen molar-refractivity contribution in [1.82, 2.24) is 29.5 Å². The normalized spacial score (nSPS) is 21.2. The van der Waals surface area contributed by atoms with Crippen LogP contribution in [0.3, 0.4) is 0 Å². The lowest BCUT2D eigenvalue weighted by atomic mass is 10.3. The highest BCUT2D eigenvalue weighted by Crippen LogP contribution is 2.27. The second-order valence-electron chi connectivity index (χ2n) is 6.07. The minimum atomic E-state index is 0.528. The molecule has 2 aromatic heterocycles. The summed E-state index contributed by atoms with van der Waals surface area (Å²) >= 11 is 0. The molecule has 2 aromatic rings. The molecule has 0 bridgehead atoms. The summed E-state index contributed by atoms with van der Waals surface area (Å²) in [5.41, 5.74) is 6.83. The van der Waals surface area contributed by atoms with Gasteiger partial charge in [-0.05, 0) is 12.8 Å². The zero-order valence-electron chi connectivity index (χ0n) is 12.4. The third kappa shape index (κ3) is 2.47. The first-order chi connectivity index (χ1) is 10.2. The Hall–Kier alpha value is -1.73. The Labute approximate surface area is 123 Å². The van der Waals surface area contributed by atoms with Crippen LogP contribution in [0.15, 0.2) is 6.20 Å². The van der Waals surface area contributed by atoms with Gasteiger partial charge in [-0.15, -0.1) is 0 Å². The Balaban J connectivity index is 1.48. The highest BCUT2D eigenvalue weighted by Gasteiger charge is 2.31. The van der Waals surface area contributed by atoms with Gasteiger partial charge in [0.25, 0.3) is 0 Å². The average Bonchev–Trinajstić information content (AvgIpc) is 3.25. The maximum atomic E-state index is 6.01. The summed E-state index contributed by atoms with van der Waals surface area (Å²) in [4.78, 5) is 14.1. The maximum Gasteiger partial charge on any atom is 0.163 e. The molecule has 4 rings (SSSR count). The number of hydrogen-bond acceptors (Lipinski definition) is 6. The molecule has 0 aromatic carbocycles. The van der Waals surface area contributed by atoms with Crippen molar-refractivity contribution in [2.45, 2.75) is 25.4 Å². The number of aryl methyl sites for hydroxylation is 1. The minimum absolute atomic E-state index is 0.528. The lowest BCUT2D eigenvalue weighted by molar-refractivity contribution is 0.119. The van der Waals surface area contributed by atoms with Crippen LogP contribution in [-0.4, -0.2) is 61.8 Å². The number of aromatic nitrogens is 4. The van der Waals surface area contributed by atoms with E-state index in [-0.39, 0.29) is 0 Å². The van der Waals surface area contributed by atoms with Gasteiger partial charge in [0.2, 0.25) is 0 Å². The molecule has 7 heteroatoms. The fourth-order valence-electron chi connectivity index (χ4n) is 3.09. The summed E-state index contributed by atoms with van der Waals surface area (Å²) in [7, 11) is 1.88. The molecule has 21 heavy (non-hydrogen) atoms. The molecule has 0 spiro atoms. The summed E-state index contributed by atoms with van der Waals surface area (Å²) < 4.78 is 1.75. The molecule has 112 valence electrons. The van der Waals surface area contributed by atoms with Gasteiger partial charge >= 0.3 is 0 Å². The van der Waals surface area contributed by atoms with Crippen molar-refractivity contribution >= 4 is 16.9 Å². The van der Waals surface area contributed by atoms with Crippen molar-refractivity contribution in [3.8, 4) is 0 Å². The van der Waals surface area contributed by atoms with E-state index in [1.54, 1.807) is 10.9 Å². The van der Waals surface area contributed by atoms with Gasteiger partial charge in [-0.1, -0.05) is 0 Å². The molecule has 2 fully saturated rings. The summed E-state index contributed by atoms with van der Waals surface area (Å²) in [5.74, 6) is 1.32. The van der Waals surface area contributed by atoms with Gasteiger partial charge in [0.15, 0.2) is 5.65 Å². The standard InChI is InChI=1S/C14H21N7/c1-19-14-11(8-16-19)13(15)17-12(18-14)9-20-4-6-21(7-5-20)10-2-3-10/h8,10H,2-7,9H2,1H3,(H2,15,17,18). The Morgan fingerprint density at radius 1 is 1.19 bits per heavy atom. The molecule has 1 saturated heterocycles. The zero-order valence-corrected chi connectivity index (χ0v) is 12.4. The fraction of sp³-hybridized carbons (Fsp3) is 0.643. The number of piperazine rings is 1. The molecule has 0 radical (unpaired) electrons. The van der Waals surface area contributed by atoms with E-state index in [9.17, 15) is 0 Å². The second kappa shape index (κ2) is 4.92. The van der Waals surface area contributed by atoms with Crippen LogP contribution in [0.5, 0.6) is 0 Å². The summed E-state index contributed by atoms with van der Waals surface area (Å²) in [5, 5.41) is 5.03. The molecule has 0 unspecified atom stereocenters. The summed E-state index contributed by atoms with van der Waals surface area (Å²) in [6.07, 6.45) is 4.50. The van der Waals surface area contributed by atoms with E-state index in [1.165, 1.54) is 12.8 Å². The molecule has 2 N–H and O–H groups in total.